The Balaban J connectivity index is 2.08. The van der Waals surface area contributed by atoms with E-state index < -0.39 is 0 Å². The molecular weight excluding hydrogens is 279 g/mol. The third-order valence-electron chi connectivity index (χ3n) is 2.67. The second-order valence-electron chi connectivity index (χ2n) is 4.16. The van der Waals surface area contributed by atoms with Crippen LogP contribution in [0.5, 0.6) is 0 Å². The zero-order chi connectivity index (χ0) is 14.5. The minimum Gasteiger partial charge on any atom is -0.267 e. The van der Waals surface area contributed by atoms with Gasteiger partial charge in [-0.05, 0) is 42.8 Å². The third-order valence-corrected chi connectivity index (χ3v) is 2.91. The van der Waals surface area contributed by atoms with Crippen molar-refractivity contribution in [3.8, 4) is 0 Å². The molecule has 20 heavy (non-hydrogen) atoms. The predicted molar refractivity (Wildman–Crippen MR) is 77.5 cm³/mol. The molecule has 0 aromatic heterocycles. The molecule has 0 saturated heterocycles. The number of hydrazone groups is 1. The molecular formula is C15H12ClFN2O. The highest BCUT2D eigenvalue weighted by molar-refractivity contribution is 6.30. The van der Waals surface area contributed by atoms with Crippen molar-refractivity contribution in [3.05, 3.63) is 70.5 Å². The van der Waals surface area contributed by atoms with Crippen LogP contribution in [0.4, 0.5) is 4.39 Å². The molecule has 0 aliphatic heterocycles. The Bertz CT molecular complexity index is 653. The summed E-state index contributed by atoms with van der Waals surface area (Å²) in [7, 11) is 0. The van der Waals surface area contributed by atoms with E-state index in [0.29, 0.717) is 16.3 Å². The Kier molecular flexibility index (Phi) is 4.48. The van der Waals surface area contributed by atoms with E-state index in [1.807, 2.05) is 0 Å². The van der Waals surface area contributed by atoms with E-state index in [9.17, 15) is 9.18 Å². The topological polar surface area (TPSA) is 41.5 Å². The van der Waals surface area contributed by atoms with E-state index >= 15 is 0 Å². The summed E-state index contributed by atoms with van der Waals surface area (Å²) in [6.45, 7) is 1.73. The van der Waals surface area contributed by atoms with Gasteiger partial charge in [0.1, 0.15) is 5.82 Å². The lowest BCUT2D eigenvalue weighted by molar-refractivity contribution is 0.0955. The van der Waals surface area contributed by atoms with Gasteiger partial charge in [0.25, 0.3) is 5.91 Å². The predicted octanol–water partition coefficient (Wildman–Crippen LogP) is 3.63. The number of carbonyl (C=O) groups excluding carboxylic acids is 1. The number of halogens is 2. The number of carbonyl (C=O) groups is 1. The van der Waals surface area contributed by atoms with Crippen molar-refractivity contribution in [3.63, 3.8) is 0 Å². The Morgan fingerprint density at radius 3 is 2.50 bits per heavy atom. The van der Waals surface area contributed by atoms with Gasteiger partial charge < -0.3 is 0 Å². The van der Waals surface area contributed by atoms with E-state index in [2.05, 4.69) is 10.5 Å². The van der Waals surface area contributed by atoms with Crippen molar-refractivity contribution in [2.75, 3.05) is 0 Å². The van der Waals surface area contributed by atoms with Crippen LogP contribution in [0.3, 0.4) is 0 Å². The summed E-state index contributed by atoms with van der Waals surface area (Å²) in [6, 6.07) is 12.4. The molecule has 0 fully saturated rings. The summed E-state index contributed by atoms with van der Waals surface area (Å²) in [5.41, 5.74) is 4.18. The minimum atomic E-state index is -0.353. The highest BCUT2D eigenvalue weighted by Gasteiger charge is 2.05. The van der Waals surface area contributed by atoms with Crippen LogP contribution < -0.4 is 5.43 Å². The summed E-state index contributed by atoms with van der Waals surface area (Å²) in [5.74, 6) is -0.668. The van der Waals surface area contributed by atoms with Crippen LogP contribution in [0.15, 0.2) is 53.6 Å². The molecule has 2 aromatic carbocycles. The van der Waals surface area contributed by atoms with Gasteiger partial charge in [-0.3, -0.25) is 4.79 Å². The molecule has 0 aliphatic rings. The van der Waals surface area contributed by atoms with Gasteiger partial charge in [0.05, 0.1) is 5.71 Å². The maximum absolute atomic E-state index is 12.8. The molecule has 102 valence electrons. The van der Waals surface area contributed by atoms with Crippen molar-refractivity contribution in [1.29, 1.82) is 0 Å². The second-order valence-corrected chi connectivity index (χ2v) is 4.59. The SMILES string of the molecule is C/C(=N/NC(=O)c1cccc(Cl)c1)c1ccc(F)cc1. The fourth-order valence-electron chi connectivity index (χ4n) is 1.58. The third kappa shape index (κ3) is 3.65. The molecule has 2 rings (SSSR count). The van der Waals surface area contributed by atoms with E-state index in [1.54, 1.807) is 43.3 Å². The lowest BCUT2D eigenvalue weighted by atomic mass is 10.1. The average molecular weight is 291 g/mol. The average Bonchev–Trinajstić information content (AvgIpc) is 2.45. The first-order valence-corrected chi connectivity index (χ1v) is 6.30. The Labute approximate surface area is 121 Å². The van der Waals surface area contributed by atoms with Gasteiger partial charge in [-0.1, -0.05) is 29.8 Å². The quantitative estimate of drug-likeness (QED) is 0.680. The smallest absolute Gasteiger partial charge is 0.267 e. The summed E-state index contributed by atoms with van der Waals surface area (Å²) in [5, 5.41) is 4.46. The highest BCUT2D eigenvalue weighted by Crippen LogP contribution is 2.10. The van der Waals surface area contributed by atoms with Crippen molar-refractivity contribution < 1.29 is 9.18 Å². The number of amides is 1. The van der Waals surface area contributed by atoms with Crippen LogP contribution in [0.2, 0.25) is 5.02 Å². The Morgan fingerprint density at radius 1 is 1.15 bits per heavy atom. The molecule has 2 aromatic rings. The van der Waals surface area contributed by atoms with Crippen molar-refractivity contribution in [1.82, 2.24) is 5.43 Å². The van der Waals surface area contributed by atoms with Crippen LogP contribution in [-0.2, 0) is 0 Å². The second kappa shape index (κ2) is 6.30. The number of nitrogens with one attached hydrogen (secondary N) is 1. The molecule has 0 aliphatic carbocycles. The van der Waals surface area contributed by atoms with E-state index in [1.165, 1.54) is 12.1 Å². The maximum atomic E-state index is 12.8. The van der Waals surface area contributed by atoms with Crippen molar-refractivity contribution in [2.45, 2.75) is 6.92 Å². The van der Waals surface area contributed by atoms with Gasteiger partial charge in [-0.2, -0.15) is 5.10 Å². The van der Waals surface area contributed by atoms with Gasteiger partial charge in [-0.25, -0.2) is 9.82 Å². The number of benzene rings is 2. The molecule has 3 nitrogen and oxygen atoms in total. The molecule has 0 radical (unpaired) electrons. The zero-order valence-corrected chi connectivity index (χ0v) is 11.5. The van der Waals surface area contributed by atoms with Gasteiger partial charge in [0, 0.05) is 10.6 Å². The summed E-state index contributed by atoms with van der Waals surface area (Å²) < 4.78 is 12.8. The first-order chi connectivity index (χ1) is 9.56. The van der Waals surface area contributed by atoms with Crippen LogP contribution in [0.1, 0.15) is 22.8 Å². The maximum Gasteiger partial charge on any atom is 0.271 e. The molecule has 0 unspecified atom stereocenters. The normalized spacial score (nSPS) is 11.2. The fraction of sp³-hybridized carbons (Fsp3) is 0.0667. The van der Waals surface area contributed by atoms with Crippen LogP contribution >= 0.6 is 11.6 Å². The minimum absolute atomic E-state index is 0.315. The largest absolute Gasteiger partial charge is 0.271 e. The Hall–Kier alpha value is -2.20. The van der Waals surface area contributed by atoms with Gasteiger partial charge in [0.15, 0.2) is 0 Å². The molecule has 1 amide bonds. The van der Waals surface area contributed by atoms with Crippen LogP contribution in [-0.4, -0.2) is 11.6 Å². The molecule has 0 heterocycles. The molecule has 0 atom stereocenters. The van der Waals surface area contributed by atoms with Crippen LogP contribution in [0, 0.1) is 5.82 Å². The molecule has 0 saturated carbocycles. The number of hydrogen-bond acceptors (Lipinski definition) is 2. The van der Waals surface area contributed by atoms with Gasteiger partial charge in [-0.15, -0.1) is 0 Å². The summed E-state index contributed by atoms with van der Waals surface area (Å²) in [6.07, 6.45) is 0. The van der Waals surface area contributed by atoms with Gasteiger partial charge >= 0.3 is 0 Å². The zero-order valence-electron chi connectivity index (χ0n) is 10.7. The fourth-order valence-corrected chi connectivity index (χ4v) is 1.77. The highest BCUT2D eigenvalue weighted by atomic mass is 35.5. The van der Waals surface area contributed by atoms with Crippen molar-refractivity contribution in [2.24, 2.45) is 5.10 Å². The van der Waals surface area contributed by atoms with Crippen molar-refractivity contribution >= 4 is 23.2 Å². The molecule has 0 bridgehead atoms. The van der Waals surface area contributed by atoms with E-state index in [0.717, 1.165) is 5.56 Å². The first kappa shape index (κ1) is 14.2. The number of rotatable bonds is 3. The summed E-state index contributed by atoms with van der Waals surface area (Å²) in [4.78, 5) is 11.8. The lowest BCUT2D eigenvalue weighted by Gasteiger charge is -2.03. The monoisotopic (exact) mass is 290 g/mol. The van der Waals surface area contributed by atoms with Gasteiger partial charge in [0.2, 0.25) is 0 Å². The number of nitrogens with zero attached hydrogens (tertiary/aromatic N) is 1. The standard InChI is InChI=1S/C15H12ClFN2O/c1-10(11-5-7-14(17)8-6-11)18-19-15(20)12-3-2-4-13(16)9-12/h2-9H,1H3,(H,19,20)/b18-10-. The Morgan fingerprint density at radius 2 is 1.85 bits per heavy atom. The van der Waals surface area contributed by atoms with E-state index in [4.69, 9.17) is 11.6 Å². The molecule has 0 spiro atoms. The molecule has 5 heteroatoms. The van der Waals surface area contributed by atoms with E-state index in [-0.39, 0.29) is 11.7 Å². The lowest BCUT2D eigenvalue weighted by Crippen LogP contribution is -2.19. The van der Waals surface area contributed by atoms with Crippen LogP contribution in [0.25, 0.3) is 0 Å². The summed E-state index contributed by atoms with van der Waals surface area (Å²) >= 11 is 5.81. The first-order valence-electron chi connectivity index (χ1n) is 5.92. The molecule has 1 N–H and O–H groups in total. The number of hydrogen-bond donors (Lipinski definition) is 1.